The number of imide groups is 1. The zero-order valence-electron chi connectivity index (χ0n) is 34.9. The second-order valence-electron chi connectivity index (χ2n) is 17.0. The third-order valence-electron chi connectivity index (χ3n) is 11.4. The van der Waals surface area contributed by atoms with E-state index >= 15 is 4.39 Å². The van der Waals surface area contributed by atoms with Gasteiger partial charge in [0.25, 0.3) is 0 Å². The minimum Gasteiger partial charge on any atom is -0.389 e. The number of sulfonamides is 1. The van der Waals surface area contributed by atoms with Crippen LogP contribution in [0.25, 0.3) is 11.3 Å². The third-order valence-corrected chi connectivity index (χ3v) is 12.9. The van der Waals surface area contributed by atoms with E-state index in [1.807, 2.05) is 24.3 Å². The van der Waals surface area contributed by atoms with Crippen LogP contribution in [0.3, 0.4) is 0 Å². The summed E-state index contributed by atoms with van der Waals surface area (Å²) in [6, 6.07) is 10.4. The van der Waals surface area contributed by atoms with Crippen LogP contribution in [0.1, 0.15) is 87.8 Å². The summed E-state index contributed by atoms with van der Waals surface area (Å²) in [4.78, 5) is 33.6. The van der Waals surface area contributed by atoms with Crippen LogP contribution >= 0.6 is 0 Å². The average molecular weight is 895 g/mol. The van der Waals surface area contributed by atoms with E-state index in [4.69, 9.17) is 4.74 Å². The highest BCUT2D eigenvalue weighted by Gasteiger charge is 2.36. The number of anilines is 2. The minimum absolute atomic E-state index is 0.000519. The molecule has 63 heavy (non-hydrogen) atoms. The first-order valence-electron chi connectivity index (χ1n) is 20.9. The van der Waals surface area contributed by atoms with Crippen LogP contribution in [0, 0.1) is 23.6 Å². The molecule has 2 saturated heterocycles. The van der Waals surface area contributed by atoms with Crippen molar-refractivity contribution in [2.24, 2.45) is 5.92 Å². The lowest BCUT2D eigenvalue weighted by Gasteiger charge is -2.36. The fraction of sp³-hybridized carbons (Fsp3) is 0.477. The molecular formula is C44H50F4N8O6S. The monoisotopic (exact) mass is 894 g/mol. The molecule has 2 aromatic carbocycles. The number of halogens is 4. The summed E-state index contributed by atoms with van der Waals surface area (Å²) in [6.45, 7) is 6.03. The van der Waals surface area contributed by atoms with Crippen molar-refractivity contribution in [3.8, 4) is 23.1 Å². The summed E-state index contributed by atoms with van der Waals surface area (Å²) in [5, 5.41) is 19.1. The van der Waals surface area contributed by atoms with E-state index in [0.29, 0.717) is 44.4 Å². The van der Waals surface area contributed by atoms with E-state index in [1.165, 1.54) is 37.0 Å². The number of benzene rings is 2. The molecule has 2 aliphatic heterocycles. The molecule has 2 amide bonds. The van der Waals surface area contributed by atoms with Gasteiger partial charge in [-0.25, -0.2) is 27.5 Å². The predicted molar refractivity (Wildman–Crippen MR) is 224 cm³/mol. The first kappa shape index (κ1) is 45.8. The first-order chi connectivity index (χ1) is 29.9. The van der Waals surface area contributed by atoms with Gasteiger partial charge in [0, 0.05) is 55.6 Å². The van der Waals surface area contributed by atoms with Crippen molar-refractivity contribution in [3.63, 3.8) is 0 Å². The molecule has 336 valence electrons. The van der Waals surface area contributed by atoms with Crippen LogP contribution in [-0.4, -0.2) is 94.0 Å². The highest BCUT2D eigenvalue weighted by atomic mass is 32.2. The highest BCUT2D eigenvalue weighted by Crippen LogP contribution is 2.37. The summed E-state index contributed by atoms with van der Waals surface area (Å²) in [5.74, 6) is 4.40. The quantitative estimate of drug-likeness (QED) is 0.0713. The number of hydrogen-bond donors (Lipinski definition) is 4. The fourth-order valence-electron chi connectivity index (χ4n) is 8.24. The molecule has 4 aromatic rings. The number of hydrogen-bond acceptors (Lipinski definition) is 11. The number of aromatic nitrogens is 4. The lowest BCUT2D eigenvalue weighted by atomic mass is 9.86. The second-order valence-corrected chi connectivity index (χ2v) is 18.8. The molecule has 4 heterocycles. The van der Waals surface area contributed by atoms with Gasteiger partial charge in [0.1, 0.15) is 18.0 Å². The molecule has 1 aliphatic carbocycles. The largest absolute Gasteiger partial charge is 0.419 e. The van der Waals surface area contributed by atoms with Gasteiger partial charge in [-0.1, -0.05) is 24.0 Å². The van der Waals surface area contributed by atoms with Crippen LogP contribution in [0.2, 0.25) is 0 Å². The van der Waals surface area contributed by atoms with E-state index in [2.05, 4.69) is 47.2 Å². The maximum atomic E-state index is 15.4. The lowest BCUT2D eigenvalue weighted by Crippen LogP contribution is -2.42. The standard InChI is InChI=1S/C44H50F4N8O6S/c1-43(2,59)27-56-26-31(23-50-56)40-36(44(46,47)48)24-49-42(53-40)51-38-14-12-34(22-37(38)45)63(60,61)54-32-10-8-29(9-11-32)25-55-18-16-33(17-19-55)62-20-4-6-28-5-3-7-30(21-28)35-13-15-39(57)52-41(35)58/h3,5,7,12,14,21-24,26,29,32-33,35,54,59H,8-11,13,15-20,25,27H2,1-2H3,(H,49,51,53)(H,52,57,58). The second kappa shape index (κ2) is 19.2. The van der Waals surface area contributed by atoms with Gasteiger partial charge >= 0.3 is 6.18 Å². The number of nitrogens with one attached hydrogen (secondary N) is 3. The number of amides is 2. The van der Waals surface area contributed by atoms with Crippen molar-refractivity contribution in [3.05, 3.63) is 83.6 Å². The maximum absolute atomic E-state index is 15.4. The number of likely N-dealkylation sites (tertiary alicyclic amines) is 1. The molecule has 1 saturated carbocycles. The van der Waals surface area contributed by atoms with Gasteiger partial charge in [-0.05, 0) is 101 Å². The maximum Gasteiger partial charge on any atom is 0.419 e. The number of aliphatic hydroxyl groups is 1. The summed E-state index contributed by atoms with van der Waals surface area (Å²) in [7, 11) is -4.09. The van der Waals surface area contributed by atoms with Crippen molar-refractivity contribution in [2.75, 3.05) is 31.6 Å². The molecule has 3 aliphatic rings. The minimum atomic E-state index is -4.81. The molecule has 4 N–H and O–H groups in total. The van der Waals surface area contributed by atoms with E-state index in [1.54, 1.807) is 0 Å². The molecule has 19 heteroatoms. The van der Waals surface area contributed by atoms with Gasteiger partial charge in [0.05, 0.1) is 46.6 Å². The van der Waals surface area contributed by atoms with Crippen molar-refractivity contribution in [1.29, 1.82) is 0 Å². The van der Waals surface area contributed by atoms with E-state index in [-0.39, 0.29) is 58.5 Å². The Kier molecular flexibility index (Phi) is 14.0. The molecule has 1 atom stereocenters. The smallest absolute Gasteiger partial charge is 0.389 e. The van der Waals surface area contributed by atoms with Crippen molar-refractivity contribution in [2.45, 2.75) is 106 Å². The number of carbonyl (C=O) groups excluding carboxylic acids is 2. The highest BCUT2D eigenvalue weighted by molar-refractivity contribution is 7.89. The average Bonchev–Trinajstić information content (AvgIpc) is 3.68. The molecular weight excluding hydrogens is 845 g/mol. The predicted octanol–water partition coefficient (Wildman–Crippen LogP) is 5.90. The number of alkyl halides is 3. The number of nitrogens with zero attached hydrogens (tertiary/aromatic N) is 5. The van der Waals surface area contributed by atoms with E-state index < -0.39 is 38.9 Å². The van der Waals surface area contributed by atoms with Gasteiger partial charge in [0.2, 0.25) is 27.8 Å². The lowest BCUT2D eigenvalue weighted by molar-refractivity contribution is -0.137. The molecule has 0 radical (unpaired) electrons. The Morgan fingerprint density at radius 1 is 1.00 bits per heavy atom. The molecule has 7 rings (SSSR count). The Morgan fingerprint density at radius 3 is 2.46 bits per heavy atom. The van der Waals surface area contributed by atoms with Crippen molar-refractivity contribution < 1.29 is 45.4 Å². The van der Waals surface area contributed by atoms with Gasteiger partial charge in [-0.3, -0.25) is 19.6 Å². The topological polar surface area (TPSA) is 181 Å². The van der Waals surface area contributed by atoms with Crippen molar-refractivity contribution in [1.82, 2.24) is 34.7 Å². The molecule has 0 spiro atoms. The Bertz CT molecular complexity index is 2470. The number of rotatable bonds is 13. The van der Waals surface area contributed by atoms with Gasteiger partial charge < -0.3 is 20.1 Å². The summed E-state index contributed by atoms with van der Waals surface area (Å²) < 4.78 is 93.8. The van der Waals surface area contributed by atoms with Crippen LogP contribution in [-0.2, 0) is 37.1 Å². The molecule has 14 nitrogen and oxygen atoms in total. The first-order valence-corrected chi connectivity index (χ1v) is 22.4. The SMILES string of the molecule is CC(C)(O)Cn1cc(-c2nc(Nc3ccc(S(=O)(=O)NC4CCC(CN5CCC(OCC#Cc6cccc(C7CCC(=O)NC7=O)c6)CC5)CC4)cc3F)ncc2C(F)(F)F)cn1. The summed E-state index contributed by atoms with van der Waals surface area (Å²) in [6.07, 6.45) is 3.81. The van der Waals surface area contributed by atoms with E-state index in [9.17, 15) is 36.3 Å². The summed E-state index contributed by atoms with van der Waals surface area (Å²) in [5.41, 5.74) is -1.45. The Balaban J connectivity index is 0.852. The number of ether oxygens (including phenoxy) is 1. The number of carbonyl (C=O) groups is 2. The Morgan fingerprint density at radius 2 is 1.76 bits per heavy atom. The normalized spacial score (nSPS) is 20.5. The molecule has 1 unspecified atom stereocenters. The summed E-state index contributed by atoms with van der Waals surface area (Å²) >= 11 is 0. The van der Waals surface area contributed by atoms with Crippen LogP contribution in [0.15, 0.2) is 66.0 Å². The fourth-order valence-corrected chi connectivity index (χ4v) is 9.56. The zero-order valence-corrected chi connectivity index (χ0v) is 35.7. The van der Waals surface area contributed by atoms with Crippen molar-refractivity contribution >= 4 is 33.5 Å². The number of piperidine rings is 2. The third kappa shape index (κ3) is 12.3. The van der Waals surface area contributed by atoms with Crippen LogP contribution in [0.5, 0.6) is 0 Å². The van der Waals surface area contributed by atoms with Crippen LogP contribution in [0.4, 0.5) is 29.2 Å². The Labute approximate surface area is 363 Å². The van der Waals surface area contributed by atoms with Gasteiger partial charge in [0.15, 0.2) is 0 Å². The molecule has 2 aromatic heterocycles. The zero-order chi connectivity index (χ0) is 44.9. The molecule has 0 bridgehead atoms. The van der Waals surface area contributed by atoms with Gasteiger partial charge in [-0.2, -0.15) is 18.3 Å². The van der Waals surface area contributed by atoms with Gasteiger partial charge in [-0.15, -0.1) is 0 Å². The van der Waals surface area contributed by atoms with Crippen LogP contribution < -0.4 is 15.4 Å². The van der Waals surface area contributed by atoms with E-state index in [0.717, 1.165) is 68.6 Å². The Hall–Kier alpha value is -5.26. The molecule has 3 fully saturated rings.